The molecule has 1 aliphatic rings. The minimum atomic E-state index is 0.507. The Hall–Kier alpha value is -1.20. The number of nitrogens with one attached hydrogen (secondary N) is 1. The van der Waals surface area contributed by atoms with Crippen molar-refractivity contribution < 1.29 is 0 Å². The van der Waals surface area contributed by atoms with Gasteiger partial charge in [-0.2, -0.15) is 5.10 Å². The molecule has 0 amide bonds. The summed E-state index contributed by atoms with van der Waals surface area (Å²) in [5.41, 5.74) is 2.30. The van der Waals surface area contributed by atoms with Crippen LogP contribution in [0.2, 0.25) is 0 Å². The molecule has 1 aliphatic carbocycles. The Morgan fingerprint density at radius 3 is 2.84 bits per heavy atom. The second-order valence-corrected chi connectivity index (χ2v) is 6.60. The Kier molecular flexibility index (Phi) is 3.41. The molecule has 0 atom stereocenters. The number of hydrogen-bond donors (Lipinski definition) is 1. The molecule has 0 spiro atoms. The highest BCUT2D eigenvalue weighted by molar-refractivity contribution is 7.15. The number of aromatic nitrogens is 3. The highest BCUT2D eigenvalue weighted by Gasteiger charge is 2.30. The second-order valence-electron chi connectivity index (χ2n) is 5.51. The zero-order valence-electron chi connectivity index (χ0n) is 11.7. The Morgan fingerprint density at radius 2 is 2.26 bits per heavy atom. The van der Waals surface area contributed by atoms with E-state index in [0.717, 1.165) is 17.2 Å². The van der Waals surface area contributed by atoms with Crippen LogP contribution in [0.15, 0.2) is 12.3 Å². The average Bonchev–Trinajstić information content (AvgIpc) is 2.97. The maximum Gasteiger partial charge on any atom is 0.144 e. The summed E-state index contributed by atoms with van der Waals surface area (Å²) < 4.78 is 1.83. The Morgan fingerprint density at radius 1 is 1.47 bits per heavy atom. The van der Waals surface area contributed by atoms with E-state index in [1.165, 1.54) is 23.4 Å². The predicted molar refractivity (Wildman–Crippen MR) is 78.3 cm³/mol. The maximum absolute atomic E-state index is 4.84. The lowest BCUT2D eigenvalue weighted by Crippen LogP contribution is -2.21. The molecule has 0 aliphatic heterocycles. The van der Waals surface area contributed by atoms with E-state index in [9.17, 15) is 0 Å². The third-order valence-corrected chi connectivity index (χ3v) is 4.39. The molecule has 0 bridgehead atoms. The second kappa shape index (κ2) is 5.06. The molecule has 3 rings (SSSR count). The minimum absolute atomic E-state index is 0.507. The molecule has 0 radical (unpaired) electrons. The first-order valence-electron chi connectivity index (χ1n) is 6.86. The highest BCUT2D eigenvalue weighted by Crippen LogP contribution is 2.44. The van der Waals surface area contributed by atoms with Gasteiger partial charge in [0.25, 0.3) is 0 Å². The van der Waals surface area contributed by atoms with Crippen molar-refractivity contribution in [1.82, 2.24) is 20.1 Å². The first-order valence-corrected chi connectivity index (χ1v) is 7.68. The smallest absolute Gasteiger partial charge is 0.144 e. The molecular weight excluding hydrogens is 256 g/mol. The van der Waals surface area contributed by atoms with Crippen molar-refractivity contribution in [1.29, 1.82) is 0 Å². The fraction of sp³-hybridized carbons (Fsp3) is 0.571. The molecule has 0 saturated heterocycles. The molecule has 0 unspecified atom stereocenters. The normalized spacial score (nSPS) is 15.4. The SMILES string of the molecule is CC(C)NCc1sc(-c2ccn(C)n2)nc1C1CC1. The van der Waals surface area contributed by atoms with Crippen LogP contribution in [0.3, 0.4) is 0 Å². The summed E-state index contributed by atoms with van der Waals surface area (Å²) in [5.74, 6) is 0.692. The number of aryl methyl sites for hydroxylation is 1. The molecular formula is C14H20N4S. The van der Waals surface area contributed by atoms with Gasteiger partial charge in [-0.05, 0) is 18.9 Å². The van der Waals surface area contributed by atoms with Crippen molar-refractivity contribution in [2.45, 2.75) is 45.2 Å². The fourth-order valence-electron chi connectivity index (χ4n) is 2.10. The standard InChI is InChI=1S/C14H20N4S/c1-9(2)15-8-12-13(10-4-5-10)16-14(19-12)11-6-7-18(3)17-11/h6-7,9-10,15H,4-5,8H2,1-3H3. The summed E-state index contributed by atoms with van der Waals surface area (Å²) in [4.78, 5) is 6.22. The van der Waals surface area contributed by atoms with Gasteiger partial charge in [-0.25, -0.2) is 4.98 Å². The van der Waals surface area contributed by atoms with Gasteiger partial charge in [0, 0.05) is 36.6 Å². The molecule has 0 aromatic carbocycles. The van der Waals surface area contributed by atoms with E-state index in [1.54, 1.807) is 11.3 Å². The molecule has 5 heteroatoms. The lowest BCUT2D eigenvalue weighted by Gasteiger charge is -2.06. The minimum Gasteiger partial charge on any atom is -0.310 e. The zero-order valence-corrected chi connectivity index (χ0v) is 12.5. The highest BCUT2D eigenvalue weighted by atomic mass is 32.1. The van der Waals surface area contributed by atoms with Crippen LogP contribution in [0, 0.1) is 0 Å². The molecule has 1 N–H and O–H groups in total. The summed E-state index contributed by atoms with van der Waals surface area (Å²) in [7, 11) is 1.94. The van der Waals surface area contributed by atoms with Crippen molar-refractivity contribution in [2.75, 3.05) is 0 Å². The maximum atomic E-state index is 4.84. The lowest BCUT2D eigenvalue weighted by atomic mass is 10.2. The molecule has 1 saturated carbocycles. The van der Waals surface area contributed by atoms with Crippen LogP contribution in [-0.4, -0.2) is 20.8 Å². The third kappa shape index (κ3) is 2.87. The lowest BCUT2D eigenvalue weighted by molar-refractivity contribution is 0.590. The van der Waals surface area contributed by atoms with E-state index < -0.39 is 0 Å². The van der Waals surface area contributed by atoms with Gasteiger partial charge in [0.05, 0.1) is 5.69 Å². The largest absolute Gasteiger partial charge is 0.310 e. The van der Waals surface area contributed by atoms with Crippen LogP contribution < -0.4 is 5.32 Å². The van der Waals surface area contributed by atoms with Crippen molar-refractivity contribution in [3.05, 3.63) is 22.8 Å². The number of thiazole rings is 1. The fourth-order valence-corrected chi connectivity index (χ4v) is 3.16. The van der Waals surface area contributed by atoms with Crippen molar-refractivity contribution >= 4 is 11.3 Å². The van der Waals surface area contributed by atoms with E-state index in [1.807, 2.05) is 24.0 Å². The predicted octanol–water partition coefficient (Wildman–Crippen LogP) is 2.92. The van der Waals surface area contributed by atoms with Crippen LogP contribution in [0.5, 0.6) is 0 Å². The van der Waals surface area contributed by atoms with Crippen LogP contribution in [-0.2, 0) is 13.6 Å². The molecule has 2 heterocycles. The van der Waals surface area contributed by atoms with Crippen LogP contribution in [0.25, 0.3) is 10.7 Å². The number of rotatable bonds is 5. The molecule has 1 fully saturated rings. The van der Waals surface area contributed by atoms with E-state index in [2.05, 4.69) is 24.3 Å². The van der Waals surface area contributed by atoms with Crippen molar-refractivity contribution in [3.63, 3.8) is 0 Å². The molecule has 2 aromatic heterocycles. The quantitative estimate of drug-likeness (QED) is 0.913. The van der Waals surface area contributed by atoms with Gasteiger partial charge in [-0.1, -0.05) is 13.8 Å². The third-order valence-electron chi connectivity index (χ3n) is 3.30. The molecule has 102 valence electrons. The molecule has 4 nitrogen and oxygen atoms in total. The summed E-state index contributed by atoms with van der Waals surface area (Å²) in [6.45, 7) is 5.28. The van der Waals surface area contributed by atoms with E-state index >= 15 is 0 Å². The van der Waals surface area contributed by atoms with E-state index in [0.29, 0.717) is 12.0 Å². The summed E-state index contributed by atoms with van der Waals surface area (Å²) in [6, 6.07) is 2.54. The van der Waals surface area contributed by atoms with E-state index in [4.69, 9.17) is 4.98 Å². The van der Waals surface area contributed by atoms with Gasteiger partial charge >= 0.3 is 0 Å². The van der Waals surface area contributed by atoms with Crippen LogP contribution >= 0.6 is 11.3 Å². The van der Waals surface area contributed by atoms with Crippen LogP contribution in [0.4, 0.5) is 0 Å². The van der Waals surface area contributed by atoms with Gasteiger partial charge in [0.1, 0.15) is 10.7 Å². The van der Waals surface area contributed by atoms with Gasteiger partial charge in [-0.3, -0.25) is 4.68 Å². The number of hydrogen-bond acceptors (Lipinski definition) is 4. The Balaban J connectivity index is 1.87. The van der Waals surface area contributed by atoms with Crippen molar-refractivity contribution in [2.24, 2.45) is 7.05 Å². The first kappa shape index (κ1) is 12.8. The van der Waals surface area contributed by atoms with Crippen molar-refractivity contribution in [3.8, 4) is 10.7 Å². The number of nitrogens with zero attached hydrogens (tertiary/aromatic N) is 3. The molecule has 19 heavy (non-hydrogen) atoms. The Bertz CT molecular complexity index is 566. The summed E-state index contributed by atoms with van der Waals surface area (Å²) in [5, 5.41) is 9.01. The van der Waals surface area contributed by atoms with Gasteiger partial charge < -0.3 is 5.32 Å². The monoisotopic (exact) mass is 276 g/mol. The van der Waals surface area contributed by atoms with Crippen LogP contribution in [0.1, 0.15) is 43.2 Å². The zero-order chi connectivity index (χ0) is 13.4. The average molecular weight is 276 g/mol. The van der Waals surface area contributed by atoms with Gasteiger partial charge in [0.15, 0.2) is 0 Å². The molecule has 2 aromatic rings. The summed E-state index contributed by atoms with van der Waals surface area (Å²) >= 11 is 1.79. The Labute approximate surface area is 117 Å². The van der Waals surface area contributed by atoms with E-state index in [-0.39, 0.29) is 0 Å². The topological polar surface area (TPSA) is 42.7 Å². The van der Waals surface area contributed by atoms with Gasteiger partial charge in [-0.15, -0.1) is 11.3 Å². The summed E-state index contributed by atoms with van der Waals surface area (Å²) in [6.07, 6.45) is 4.56. The first-order chi connectivity index (χ1) is 9.13. The van der Waals surface area contributed by atoms with Gasteiger partial charge in [0.2, 0.25) is 0 Å².